The molecule has 3 rings (SSSR count). The van der Waals surface area contributed by atoms with E-state index < -0.39 is 0 Å². The molecule has 0 aliphatic carbocycles. The second-order valence-electron chi connectivity index (χ2n) is 4.78. The summed E-state index contributed by atoms with van der Waals surface area (Å²) < 4.78 is 16.1. The van der Waals surface area contributed by atoms with Crippen molar-refractivity contribution in [1.29, 1.82) is 0 Å². The number of carbonyl (C=O) groups is 1. The zero-order valence-electron chi connectivity index (χ0n) is 12.3. The van der Waals surface area contributed by atoms with E-state index in [0.717, 1.165) is 5.69 Å². The first-order valence-corrected chi connectivity index (χ1v) is 7.16. The van der Waals surface area contributed by atoms with E-state index in [1.807, 2.05) is 37.3 Å². The molecule has 22 heavy (non-hydrogen) atoms. The van der Waals surface area contributed by atoms with Crippen molar-refractivity contribution >= 4 is 11.6 Å². The molecule has 0 N–H and O–H groups in total. The first-order chi connectivity index (χ1) is 10.8. The normalized spacial score (nSPS) is 12.0. The fraction of sp³-hybridized carbons (Fsp3) is 0.235. The molecule has 0 spiro atoms. The molecular formula is C17H17NO4. The van der Waals surface area contributed by atoms with Gasteiger partial charge in [0, 0.05) is 18.3 Å². The molecule has 1 heterocycles. The number of fused-ring (bicyclic) bond motifs is 1. The number of amides is 1. The van der Waals surface area contributed by atoms with Gasteiger partial charge in [-0.1, -0.05) is 18.2 Å². The van der Waals surface area contributed by atoms with Gasteiger partial charge >= 0.3 is 0 Å². The molecule has 0 unspecified atom stereocenters. The van der Waals surface area contributed by atoms with Gasteiger partial charge in [0.1, 0.15) is 5.75 Å². The van der Waals surface area contributed by atoms with Crippen LogP contribution < -0.4 is 19.1 Å². The van der Waals surface area contributed by atoms with Crippen molar-refractivity contribution < 1.29 is 19.0 Å². The summed E-state index contributed by atoms with van der Waals surface area (Å²) in [7, 11) is 0. The van der Waals surface area contributed by atoms with E-state index in [1.165, 1.54) is 0 Å². The first kappa shape index (κ1) is 14.3. The molecule has 1 amide bonds. The Morgan fingerprint density at radius 3 is 2.68 bits per heavy atom. The van der Waals surface area contributed by atoms with Crippen LogP contribution in [0.1, 0.15) is 6.92 Å². The van der Waals surface area contributed by atoms with E-state index in [0.29, 0.717) is 23.8 Å². The van der Waals surface area contributed by atoms with Crippen molar-refractivity contribution in [2.45, 2.75) is 6.92 Å². The fourth-order valence-electron chi connectivity index (χ4n) is 2.30. The molecule has 0 bridgehead atoms. The van der Waals surface area contributed by atoms with Crippen LogP contribution in [-0.4, -0.2) is 25.9 Å². The topological polar surface area (TPSA) is 48.0 Å². The Hall–Kier alpha value is -2.69. The Kier molecular flexibility index (Phi) is 4.14. The van der Waals surface area contributed by atoms with E-state index >= 15 is 0 Å². The number of hydrogen-bond acceptors (Lipinski definition) is 4. The highest BCUT2D eigenvalue weighted by Gasteiger charge is 2.16. The maximum absolute atomic E-state index is 12.3. The molecular weight excluding hydrogens is 282 g/mol. The van der Waals surface area contributed by atoms with Gasteiger partial charge in [-0.25, -0.2) is 0 Å². The number of rotatable bonds is 5. The van der Waals surface area contributed by atoms with Gasteiger partial charge in [-0.05, 0) is 31.2 Å². The van der Waals surface area contributed by atoms with Crippen LogP contribution in [0.4, 0.5) is 5.69 Å². The lowest BCUT2D eigenvalue weighted by molar-refractivity contribution is -0.120. The van der Waals surface area contributed by atoms with Gasteiger partial charge < -0.3 is 19.1 Å². The minimum Gasteiger partial charge on any atom is -0.484 e. The minimum absolute atomic E-state index is 0.0254. The van der Waals surface area contributed by atoms with Gasteiger partial charge in [0.15, 0.2) is 18.1 Å². The number of benzene rings is 2. The van der Waals surface area contributed by atoms with Crippen LogP contribution in [0, 0.1) is 0 Å². The zero-order valence-corrected chi connectivity index (χ0v) is 12.3. The number of ether oxygens (including phenoxy) is 3. The highest BCUT2D eigenvalue weighted by Crippen LogP contribution is 2.35. The zero-order chi connectivity index (χ0) is 15.4. The Bertz CT molecular complexity index is 657. The second-order valence-corrected chi connectivity index (χ2v) is 4.78. The van der Waals surface area contributed by atoms with Crippen molar-refractivity contribution in [1.82, 2.24) is 0 Å². The average molecular weight is 299 g/mol. The van der Waals surface area contributed by atoms with Gasteiger partial charge in [0.05, 0.1) is 0 Å². The molecule has 0 saturated heterocycles. The summed E-state index contributed by atoms with van der Waals surface area (Å²) in [4.78, 5) is 14.0. The van der Waals surface area contributed by atoms with Gasteiger partial charge in [-0.3, -0.25) is 4.79 Å². The summed E-state index contributed by atoms with van der Waals surface area (Å²) in [6.45, 7) is 2.72. The molecule has 1 aliphatic heterocycles. The van der Waals surface area contributed by atoms with E-state index in [4.69, 9.17) is 14.2 Å². The summed E-state index contributed by atoms with van der Waals surface area (Å²) in [6, 6.07) is 14.8. The van der Waals surface area contributed by atoms with Crippen molar-refractivity contribution in [2.24, 2.45) is 0 Å². The lowest BCUT2D eigenvalue weighted by Crippen LogP contribution is -2.34. The molecule has 5 nitrogen and oxygen atoms in total. The lowest BCUT2D eigenvalue weighted by Gasteiger charge is -2.21. The van der Waals surface area contributed by atoms with Crippen LogP contribution in [0.25, 0.3) is 0 Å². The largest absolute Gasteiger partial charge is 0.484 e. The molecule has 0 saturated carbocycles. The van der Waals surface area contributed by atoms with Crippen LogP contribution in [0.5, 0.6) is 17.2 Å². The van der Waals surface area contributed by atoms with Crippen LogP contribution in [-0.2, 0) is 4.79 Å². The van der Waals surface area contributed by atoms with E-state index in [9.17, 15) is 4.79 Å². The molecule has 0 radical (unpaired) electrons. The van der Waals surface area contributed by atoms with Crippen LogP contribution in [0.2, 0.25) is 0 Å². The van der Waals surface area contributed by atoms with E-state index in [-0.39, 0.29) is 19.3 Å². The minimum atomic E-state index is -0.0913. The molecule has 2 aromatic carbocycles. The lowest BCUT2D eigenvalue weighted by atomic mass is 10.3. The third kappa shape index (κ3) is 2.98. The van der Waals surface area contributed by atoms with Crippen LogP contribution >= 0.6 is 0 Å². The molecule has 1 aliphatic rings. The van der Waals surface area contributed by atoms with Gasteiger partial charge in [-0.15, -0.1) is 0 Å². The molecule has 114 valence electrons. The smallest absolute Gasteiger partial charge is 0.264 e. The molecule has 0 atom stereocenters. The summed E-state index contributed by atoms with van der Waals surface area (Å²) >= 11 is 0. The molecule has 2 aromatic rings. The van der Waals surface area contributed by atoms with Gasteiger partial charge in [0.2, 0.25) is 6.79 Å². The SMILES string of the molecule is CCN(C(=O)COc1ccc2c(c1)OCO2)c1ccccc1. The van der Waals surface area contributed by atoms with Gasteiger partial charge in [-0.2, -0.15) is 0 Å². The van der Waals surface area contributed by atoms with Crippen molar-refractivity contribution in [3.05, 3.63) is 48.5 Å². The number of hydrogen-bond donors (Lipinski definition) is 0. The highest BCUT2D eigenvalue weighted by atomic mass is 16.7. The average Bonchev–Trinajstić information content (AvgIpc) is 3.02. The summed E-state index contributed by atoms with van der Waals surface area (Å²) in [5.74, 6) is 1.83. The third-order valence-electron chi connectivity index (χ3n) is 3.39. The maximum atomic E-state index is 12.3. The monoisotopic (exact) mass is 299 g/mol. The van der Waals surface area contributed by atoms with Crippen LogP contribution in [0.3, 0.4) is 0 Å². The Balaban J connectivity index is 1.64. The standard InChI is InChI=1S/C17H17NO4/c1-2-18(13-6-4-3-5-7-13)17(19)11-20-14-8-9-15-16(10-14)22-12-21-15/h3-10H,2,11-12H2,1H3. The summed E-state index contributed by atoms with van der Waals surface area (Å²) in [5.41, 5.74) is 0.865. The first-order valence-electron chi connectivity index (χ1n) is 7.16. The maximum Gasteiger partial charge on any atom is 0.264 e. The van der Waals surface area contributed by atoms with E-state index in [2.05, 4.69) is 0 Å². The number of nitrogens with zero attached hydrogens (tertiary/aromatic N) is 1. The van der Waals surface area contributed by atoms with Crippen LogP contribution in [0.15, 0.2) is 48.5 Å². The Morgan fingerprint density at radius 2 is 1.91 bits per heavy atom. The Morgan fingerprint density at radius 1 is 1.14 bits per heavy atom. The summed E-state index contributed by atoms with van der Waals surface area (Å²) in [5, 5.41) is 0. The fourth-order valence-corrected chi connectivity index (χ4v) is 2.30. The van der Waals surface area contributed by atoms with Crippen molar-refractivity contribution in [3.8, 4) is 17.2 Å². The number of likely N-dealkylation sites (N-methyl/N-ethyl adjacent to an activating group) is 1. The predicted molar refractivity (Wildman–Crippen MR) is 82.5 cm³/mol. The Labute approximate surface area is 129 Å². The molecule has 5 heteroatoms. The summed E-state index contributed by atoms with van der Waals surface area (Å²) in [6.07, 6.45) is 0. The third-order valence-corrected chi connectivity index (χ3v) is 3.39. The van der Waals surface area contributed by atoms with Crippen molar-refractivity contribution in [2.75, 3.05) is 24.8 Å². The van der Waals surface area contributed by atoms with Gasteiger partial charge in [0.25, 0.3) is 5.91 Å². The number of carbonyl (C=O) groups excluding carboxylic acids is 1. The van der Waals surface area contributed by atoms with E-state index in [1.54, 1.807) is 23.1 Å². The second kappa shape index (κ2) is 6.39. The molecule has 0 fully saturated rings. The molecule has 0 aromatic heterocycles. The quantitative estimate of drug-likeness (QED) is 0.852. The highest BCUT2D eigenvalue weighted by molar-refractivity contribution is 5.94. The number of para-hydroxylation sites is 1. The van der Waals surface area contributed by atoms with Crippen molar-refractivity contribution in [3.63, 3.8) is 0 Å². The number of anilines is 1. The predicted octanol–water partition coefficient (Wildman–Crippen LogP) is 2.85.